The molecule has 0 saturated heterocycles. The van der Waals surface area contributed by atoms with E-state index in [1.54, 1.807) is 6.07 Å². The first-order valence-electron chi connectivity index (χ1n) is 9.22. The van der Waals surface area contributed by atoms with Crippen LogP contribution in [0.4, 0.5) is 31.5 Å². The van der Waals surface area contributed by atoms with Crippen molar-refractivity contribution in [1.29, 1.82) is 0 Å². The summed E-state index contributed by atoms with van der Waals surface area (Å²) in [7, 11) is -3.51. The first-order chi connectivity index (χ1) is 15.7. The minimum atomic E-state index is -4.99. The van der Waals surface area contributed by atoms with Crippen LogP contribution in [0.25, 0.3) is 10.4 Å². The second kappa shape index (κ2) is 9.22. The molecule has 3 rings (SSSR count). The minimum Gasteiger partial charge on any atom is -0.395 e. The highest BCUT2D eigenvalue weighted by atomic mass is 32.2. The lowest BCUT2D eigenvalue weighted by Crippen LogP contribution is -2.21. The van der Waals surface area contributed by atoms with Crippen LogP contribution in [0.15, 0.2) is 76.4 Å². The first kappa shape index (κ1) is 25.4. The van der Waals surface area contributed by atoms with E-state index in [1.165, 1.54) is 30.5 Å². The maximum absolute atomic E-state index is 13.5. The normalized spacial score (nSPS) is 13.9. The standard InChI is InChI=1S/C21H15F6N3O2S2/c1-34(31,32)13-6-4-5-12(9-13)17-11-29-19(33-17)30-16(10-18(28)21(25,26)27)14-7-2-3-8-15(14)20(22,23)24/h2-11H,28H2,1H3/b18-10-,30-16-. The van der Waals surface area contributed by atoms with Crippen molar-refractivity contribution in [1.82, 2.24) is 4.98 Å². The quantitative estimate of drug-likeness (QED) is 0.343. The Balaban J connectivity index is 2.14. The summed E-state index contributed by atoms with van der Waals surface area (Å²) in [4.78, 5) is 8.32. The monoisotopic (exact) mass is 519 g/mol. The Kier molecular flexibility index (Phi) is 6.90. The van der Waals surface area contributed by atoms with Crippen LogP contribution in [0.5, 0.6) is 0 Å². The van der Waals surface area contributed by atoms with Crippen molar-refractivity contribution in [3.8, 4) is 10.4 Å². The van der Waals surface area contributed by atoms with Crippen LogP contribution in [-0.4, -0.2) is 31.5 Å². The zero-order valence-electron chi connectivity index (χ0n) is 17.1. The molecule has 0 atom stereocenters. The summed E-state index contributed by atoms with van der Waals surface area (Å²) in [6.07, 6.45) is -7.23. The molecule has 0 saturated carbocycles. The number of allylic oxidation sites excluding steroid dienone is 2. The molecule has 0 fully saturated rings. The number of thiazole rings is 1. The molecule has 180 valence electrons. The fourth-order valence-electron chi connectivity index (χ4n) is 2.79. The van der Waals surface area contributed by atoms with E-state index in [9.17, 15) is 34.8 Å². The Labute approximate surface area is 194 Å². The number of sulfone groups is 1. The minimum absolute atomic E-state index is 0.0316. The van der Waals surface area contributed by atoms with Crippen LogP contribution in [0.1, 0.15) is 11.1 Å². The van der Waals surface area contributed by atoms with E-state index in [-0.39, 0.29) is 10.0 Å². The van der Waals surface area contributed by atoms with Gasteiger partial charge in [-0.25, -0.2) is 18.4 Å². The van der Waals surface area contributed by atoms with Gasteiger partial charge in [0.05, 0.1) is 21.0 Å². The van der Waals surface area contributed by atoms with E-state index in [2.05, 4.69) is 9.98 Å². The van der Waals surface area contributed by atoms with Gasteiger partial charge in [0.2, 0.25) is 5.13 Å². The first-order valence-corrected chi connectivity index (χ1v) is 11.9. The molecule has 1 aromatic heterocycles. The fourth-order valence-corrected chi connectivity index (χ4v) is 4.25. The Morgan fingerprint density at radius 1 is 1.06 bits per heavy atom. The molecule has 0 bridgehead atoms. The summed E-state index contributed by atoms with van der Waals surface area (Å²) in [5.74, 6) is 0. The molecule has 5 nitrogen and oxygen atoms in total. The van der Waals surface area contributed by atoms with Gasteiger partial charge in [0, 0.05) is 18.0 Å². The zero-order valence-corrected chi connectivity index (χ0v) is 18.8. The van der Waals surface area contributed by atoms with Gasteiger partial charge in [0.1, 0.15) is 5.70 Å². The molecule has 2 aromatic carbocycles. The number of hydrogen-bond acceptors (Lipinski definition) is 6. The van der Waals surface area contributed by atoms with Crippen molar-refractivity contribution in [2.45, 2.75) is 17.2 Å². The molecule has 0 spiro atoms. The topological polar surface area (TPSA) is 85.4 Å². The molecule has 13 heteroatoms. The average Bonchev–Trinajstić information content (AvgIpc) is 3.20. The number of rotatable bonds is 5. The number of nitrogens with zero attached hydrogens (tertiary/aromatic N) is 2. The molecule has 2 N–H and O–H groups in total. The van der Waals surface area contributed by atoms with E-state index >= 15 is 0 Å². The lowest BCUT2D eigenvalue weighted by atomic mass is 10.0. The SMILES string of the molecule is CS(=O)(=O)c1cccc(-c2cnc(/N=C(/C=C(\N)C(F)(F)F)c3ccccc3C(F)(F)F)s2)c1. The average molecular weight is 519 g/mol. The van der Waals surface area contributed by atoms with Crippen LogP contribution >= 0.6 is 11.3 Å². The van der Waals surface area contributed by atoms with E-state index in [1.807, 2.05) is 0 Å². The zero-order chi connectivity index (χ0) is 25.3. The fraction of sp³-hybridized carbons (Fsp3) is 0.143. The van der Waals surface area contributed by atoms with Gasteiger partial charge in [0.25, 0.3) is 0 Å². The molecule has 0 unspecified atom stereocenters. The van der Waals surface area contributed by atoms with Crippen LogP contribution in [-0.2, 0) is 16.0 Å². The molecular weight excluding hydrogens is 504 g/mol. The Morgan fingerprint density at radius 3 is 2.35 bits per heavy atom. The lowest BCUT2D eigenvalue weighted by Gasteiger charge is -2.13. The molecule has 0 aliphatic heterocycles. The number of halogens is 6. The van der Waals surface area contributed by atoms with Crippen LogP contribution < -0.4 is 5.73 Å². The summed E-state index contributed by atoms with van der Waals surface area (Å²) in [5, 5.41) is -0.155. The molecular formula is C21H15F6N3O2S2. The lowest BCUT2D eigenvalue weighted by molar-refractivity contribution is -0.137. The van der Waals surface area contributed by atoms with Gasteiger partial charge in [-0.3, -0.25) is 0 Å². The predicted molar refractivity (Wildman–Crippen MR) is 117 cm³/mol. The van der Waals surface area contributed by atoms with Crippen LogP contribution in [0.2, 0.25) is 0 Å². The van der Waals surface area contributed by atoms with Gasteiger partial charge in [-0.2, -0.15) is 26.3 Å². The van der Waals surface area contributed by atoms with E-state index < -0.39 is 44.7 Å². The van der Waals surface area contributed by atoms with Gasteiger partial charge in [0.15, 0.2) is 9.84 Å². The maximum Gasteiger partial charge on any atom is 0.430 e. The van der Waals surface area contributed by atoms with Crippen molar-refractivity contribution in [3.05, 3.63) is 77.6 Å². The van der Waals surface area contributed by atoms with Gasteiger partial charge in [-0.05, 0) is 29.8 Å². The van der Waals surface area contributed by atoms with Crippen molar-refractivity contribution < 1.29 is 34.8 Å². The highest BCUT2D eigenvalue weighted by Crippen LogP contribution is 2.35. The third kappa shape index (κ3) is 6.03. The Bertz CT molecular complexity index is 1370. The molecule has 0 amide bonds. The number of alkyl halides is 6. The summed E-state index contributed by atoms with van der Waals surface area (Å²) in [6.45, 7) is 0. The Hall–Kier alpha value is -3.19. The third-order valence-corrected chi connectivity index (χ3v) is 6.43. The molecule has 1 heterocycles. The molecule has 0 aliphatic rings. The summed E-state index contributed by atoms with van der Waals surface area (Å²) < 4.78 is 103. The van der Waals surface area contributed by atoms with Crippen molar-refractivity contribution in [3.63, 3.8) is 0 Å². The predicted octanol–water partition coefficient (Wildman–Crippen LogP) is 5.76. The van der Waals surface area contributed by atoms with Gasteiger partial charge in [-0.15, -0.1) is 0 Å². The second-order valence-corrected chi connectivity index (χ2v) is 9.97. The molecule has 0 radical (unpaired) electrons. The number of hydrogen-bond donors (Lipinski definition) is 1. The molecule has 34 heavy (non-hydrogen) atoms. The maximum atomic E-state index is 13.5. The van der Waals surface area contributed by atoms with Crippen LogP contribution in [0, 0.1) is 0 Å². The van der Waals surface area contributed by atoms with Crippen molar-refractivity contribution >= 4 is 32.0 Å². The summed E-state index contributed by atoms with van der Waals surface area (Å²) in [5.41, 5.74) is 1.36. The summed E-state index contributed by atoms with van der Waals surface area (Å²) >= 11 is 0.850. The largest absolute Gasteiger partial charge is 0.430 e. The van der Waals surface area contributed by atoms with E-state index in [4.69, 9.17) is 5.73 Å². The molecule has 3 aromatic rings. The van der Waals surface area contributed by atoms with E-state index in [0.29, 0.717) is 22.6 Å². The van der Waals surface area contributed by atoms with Gasteiger partial charge in [-0.1, -0.05) is 41.7 Å². The van der Waals surface area contributed by atoms with Gasteiger partial charge >= 0.3 is 12.4 Å². The van der Waals surface area contributed by atoms with Crippen molar-refractivity contribution in [2.75, 3.05) is 6.26 Å². The number of aliphatic imine (C=N–C) groups is 1. The summed E-state index contributed by atoms with van der Waals surface area (Å²) in [6, 6.07) is 9.84. The van der Waals surface area contributed by atoms with Crippen molar-refractivity contribution in [2.24, 2.45) is 10.7 Å². The highest BCUT2D eigenvalue weighted by Gasteiger charge is 2.36. The highest BCUT2D eigenvalue weighted by molar-refractivity contribution is 7.90. The Morgan fingerprint density at radius 2 is 1.74 bits per heavy atom. The van der Waals surface area contributed by atoms with Crippen LogP contribution in [0.3, 0.4) is 0 Å². The second-order valence-electron chi connectivity index (χ2n) is 6.94. The number of aromatic nitrogens is 1. The molecule has 0 aliphatic carbocycles. The third-order valence-electron chi connectivity index (χ3n) is 4.38. The number of nitrogens with two attached hydrogens (primary N) is 1. The van der Waals surface area contributed by atoms with E-state index in [0.717, 1.165) is 29.7 Å². The smallest absolute Gasteiger partial charge is 0.395 e. The number of benzene rings is 2. The van der Waals surface area contributed by atoms with Gasteiger partial charge < -0.3 is 5.73 Å².